The molecule has 0 fully saturated rings. The van der Waals surface area contributed by atoms with Crippen molar-refractivity contribution in [1.82, 2.24) is 4.90 Å². The standard InChI is InChI=1S/C12H16BrNO2S/c1-14(9-13)8-10-4-5-12-11(7-10)3-2-6-17(12,15)16/h4-5,7H,2-3,6,8-9H2,1H3. The van der Waals surface area contributed by atoms with E-state index in [4.69, 9.17) is 0 Å². The Morgan fingerprint density at radius 3 is 2.88 bits per heavy atom. The summed E-state index contributed by atoms with van der Waals surface area (Å²) in [6, 6.07) is 5.72. The van der Waals surface area contributed by atoms with Gasteiger partial charge in [-0.05, 0) is 37.1 Å². The summed E-state index contributed by atoms with van der Waals surface area (Å²) in [5, 5.41) is 0. The number of hydrogen-bond donors (Lipinski definition) is 0. The molecule has 1 heterocycles. The van der Waals surface area contributed by atoms with Gasteiger partial charge in [0, 0.05) is 6.54 Å². The van der Waals surface area contributed by atoms with Gasteiger partial charge in [-0.15, -0.1) is 0 Å². The van der Waals surface area contributed by atoms with Gasteiger partial charge in [-0.1, -0.05) is 28.1 Å². The van der Waals surface area contributed by atoms with Gasteiger partial charge in [0.25, 0.3) is 0 Å². The first kappa shape index (κ1) is 13.1. The molecule has 1 aliphatic rings. The molecule has 0 radical (unpaired) electrons. The molecule has 3 nitrogen and oxygen atoms in total. The van der Waals surface area contributed by atoms with Crippen molar-refractivity contribution in [3.8, 4) is 0 Å². The van der Waals surface area contributed by atoms with Crippen LogP contribution in [0.5, 0.6) is 0 Å². The Morgan fingerprint density at radius 2 is 2.18 bits per heavy atom. The van der Waals surface area contributed by atoms with E-state index in [-0.39, 0.29) is 0 Å². The zero-order chi connectivity index (χ0) is 12.5. The van der Waals surface area contributed by atoms with Crippen molar-refractivity contribution >= 4 is 25.8 Å². The lowest BCUT2D eigenvalue weighted by molar-refractivity contribution is 0.389. The summed E-state index contributed by atoms with van der Waals surface area (Å²) in [6.45, 7) is 0.832. The third-order valence-electron chi connectivity index (χ3n) is 2.98. The molecule has 0 N–H and O–H groups in total. The minimum atomic E-state index is -3.02. The van der Waals surface area contributed by atoms with Crippen molar-refractivity contribution in [3.63, 3.8) is 0 Å². The number of aryl methyl sites for hydroxylation is 1. The summed E-state index contributed by atoms with van der Waals surface area (Å²) in [5.41, 5.74) is 2.96. The molecule has 0 aliphatic carbocycles. The molecule has 0 unspecified atom stereocenters. The van der Waals surface area contributed by atoms with Crippen molar-refractivity contribution in [3.05, 3.63) is 29.3 Å². The number of nitrogens with zero attached hydrogens (tertiary/aromatic N) is 1. The van der Waals surface area contributed by atoms with Crippen molar-refractivity contribution in [1.29, 1.82) is 0 Å². The second-order valence-corrected chi connectivity index (χ2v) is 7.08. The molecule has 0 saturated carbocycles. The lowest BCUT2D eigenvalue weighted by atomic mass is 10.1. The van der Waals surface area contributed by atoms with Crippen LogP contribution in [0.3, 0.4) is 0 Å². The van der Waals surface area contributed by atoms with Gasteiger partial charge in [-0.25, -0.2) is 8.42 Å². The molecule has 0 saturated heterocycles. The number of rotatable bonds is 3. The summed E-state index contributed by atoms with van der Waals surface area (Å²) in [5.74, 6) is 0.292. The minimum absolute atomic E-state index is 0.292. The maximum atomic E-state index is 11.8. The average Bonchev–Trinajstić information content (AvgIpc) is 2.28. The summed E-state index contributed by atoms with van der Waals surface area (Å²) >= 11 is 3.40. The highest BCUT2D eigenvalue weighted by Crippen LogP contribution is 2.26. The van der Waals surface area contributed by atoms with Crippen LogP contribution in [-0.4, -0.2) is 31.6 Å². The van der Waals surface area contributed by atoms with Gasteiger partial charge in [0.2, 0.25) is 0 Å². The normalized spacial score (nSPS) is 18.1. The van der Waals surface area contributed by atoms with Crippen molar-refractivity contribution < 1.29 is 8.42 Å². The van der Waals surface area contributed by atoms with E-state index in [9.17, 15) is 8.42 Å². The Morgan fingerprint density at radius 1 is 1.41 bits per heavy atom. The number of halogens is 1. The third-order valence-corrected chi connectivity index (χ3v) is 5.73. The number of benzene rings is 1. The van der Waals surface area contributed by atoms with Crippen LogP contribution in [0.1, 0.15) is 17.5 Å². The molecule has 0 atom stereocenters. The van der Waals surface area contributed by atoms with Crippen LogP contribution in [0.15, 0.2) is 23.1 Å². The van der Waals surface area contributed by atoms with Gasteiger partial charge in [0.15, 0.2) is 9.84 Å². The molecule has 1 aliphatic heterocycles. The molecule has 94 valence electrons. The molecule has 1 aromatic rings. The maximum absolute atomic E-state index is 11.8. The zero-order valence-electron chi connectivity index (χ0n) is 9.82. The van der Waals surface area contributed by atoms with Crippen LogP contribution in [0.25, 0.3) is 0 Å². The first-order valence-corrected chi connectivity index (χ1v) is 8.39. The fourth-order valence-electron chi connectivity index (χ4n) is 2.15. The Hall–Kier alpha value is -0.390. The number of hydrogen-bond acceptors (Lipinski definition) is 3. The fraction of sp³-hybridized carbons (Fsp3) is 0.500. The number of fused-ring (bicyclic) bond motifs is 1. The molecule has 2 rings (SSSR count). The lowest BCUT2D eigenvalue weighted by Crippen LogP contribution is -2.18. The Bertz CT molecular complexity index is 513. The summed E-state index contributed by atoms with van der Waals surface area (Å²) in [7, 11) is -0.997. The van der Waals surface area contributed by atoms with E-state index in [1.807, 2.05) is 19.2 Å². The van der Waals surface area contributed by atoms with Crippen LogP contribution >= 0.6 is 15.9 Å². The van der Waals surface area contributed by atoms with Crippen molar-refractivity contribution in [2.45, 2.75) is 24.3 Å². The van der Waals surface area contributed by atoms with E-state index in [2.05, 4.69) is 20.8 Å². The molecule has 17 heavy (non-hydrogen) atoms. The predicted octanol–water partition coefficient (Wildman–Crippen LogP) is 2.19. The van der Waals surface area contributed by atoms with Crippen molar-refractivity contribution in [2.24, 2.45) is 0 Å². The highest BCUT2D eigenvalue weighted by molar-refractivity contribution is 9.09. The van der Waals surface area contributed by atoms with E-state index in [1.165, 1.54) is 5.56 Å². The van der Waals surface area contributed by atoms with Gasteiger partial charge in [0.1, 0.15) is 0 Å². The van der Waals surface area contributed by atoms with Gasteiger partial charge in [0.05, 0.1) is 16.1 Å². The Balaban J connectivity index is 2.32. The molecular formula is C12H16BrNO2S. The predicted molar refractivity (Wildman–Crippen MR) is 72.1 cm³/mol. The molecule has 1 aromatic carbocycles. The molecule has 0 amide bonds. The summed E-state index contributed by atoms with van der Waals surface area (Å²) in [6.07, 6.45) is 1.62. The highest BCUT2D eigenvalue weighted by Gasteiger charge is 2.23. The van der Waals surface area contributed by atoms with Crippen LogP contribution in [0, 0.1) is 0 Å². The van der Waals surface area contributed by atoms with E-state index in [0.717, 1.165) is 30.4 Å². The largest absolute Gasteiger partial charge is 0.292 e. The molecule has 5 heteroatoms. The van der Waals surface area contributed by atoms with E-state index in [0.29, 0.717) is 10.6 Å². The second kappa shape index (κ2) is 5.08. The first-order valence-electron chi connectivity index (χ1n) is 5.62. The van der Waals surface area contributed by atoms with E-state index >= 15 is 0 Å². The fourth-order valence-corrected chi connectivity index (χ4v) is 3.90. The topological polar surface area (TPSA) is 37.4 Å². The quantitative estimate of drug-likeness (QED) is 0.633. The van der Waals surface area contributed by atoms with Crippen molar-refractivity contribution in [2.75, 3.05) is 18.3 Å². The molecular weight excluding hydrogens is 302 g/mol. The summed E-state index contributed by atoms with van der Waals surface area (Å²) < 4.78 is 23.7. The lowest BCUT2D eigenvalue weighted by Gasteiger charge is -2.19. The first-order chi connectivity index (χ1) is 8.03. The second-order valence-electron chi connectivity index (χ2n) is 4.50. The molecule has 0 aromatic heterocycles. The SMILES string of the molecule is CN(CBr)Cc1ccc2c(c1)CCCS2(=O)=O. The van der Waals surface area contributed by atoms with Crippen LogP contribution in [0.4, 0.5) is 0 Å². The van der Waals surface area contributed by atoms with Crippen LogP contribution in [0.2, 0.25) is 0 Å². The minimum Gasteiger partial charge on any atom is -0.292 e. The Kier molecular flexibility index (Phi) is 3.90. The Labute approximate surface area is 111 Å². The van der Waals surface area contributed by atoms with E-state index < -0.39 is 9.84 Å². The van der Waals surface area contributed by atoms with Gasteiger partial charge in [-0.2, -0.15) is 0 Å². The highest BCUT2D eigenvalue weighted by atomic mass is 79.9. The number of alkyl halides is 1. The molecule has 0 bridgehead atoms. The number of sulfone groups is 1. The van der Waals surface area contributed by atoms with E-state index in [1.54, 1.807) is 6.07 Å². The maximum Gasteiger partial charge on any atom is 0.178 e. The van der Waals surface area contributed by atoms with Gasteiger partial charge >= 0.3 is 0 Å². The van der Waals surface area contributed by atoms with Crippen LogP contribution < -0.4 is 0 Å². The van der Waals surface area contributed by atoms with Gasteiger partial charge in [-0.3, -0.25) is 4.90 Å². The third kappa shape index (κ3) is 2.89. The monoisotopic (exact) mass is 317 g/mol. The average molecular weight is 318 g/mol. The molecule has 0 spiro atoms. The zero-order valence-corrected chi connectivity index (χ0v) is 12.2. The van der Waals surface area contributed by atoms with Gasteiger partial charge < -0.3 is 0 Å². The summed E-state index contributed by atoms with van der Waals surface area (Å²) in [4.78, 5) is 2.66. The van der Waals surface area contributed by atoms with Crippen LogP contribution in [-0.2, 0) is 22.8 Å². The smallest absolute Gasteiger partial charge is 0.178 e.